The topological polar surface area (TPSA) is 20.2 Å². The van der Waals surface area contributed by atoms with Crippen LogP contribution in [0.25, 0.3) is 0 Å². The van der Waals surface area contributed by atoms with Gasteiger partial charge in [0, 0.05) is 12.0 Å². The molecule has 0 amide bonds. The highest BCUT2D eigenvalue weighted by molar-refractivity contribution is 9.10. The molecule has 0 fully saturated rings. The summed E-state index contributed by atoms with van der Waals surface area (Å²) in [7, 11) is 0. The molecule has 0 aliphatic carbocycles. The molecule has 19 heavy (non-hydrogen) atoms. The number of rotatable bonds is 3. The van der Waals surface area contributed by atoms with Crippen molar-refractivity contribution in [3.8, 4) is 0 Å². The van der Waals surface area contributed by atoms with Gasteiger partial charge in [0.2, 0.25) is 0 Å². The molecule has 0 radical (unpaired) electrons. The predicted molar refractivity (Wildman–Crippen MR) is 74.2 cm³/mol. The highest BCUT2D eigenvalue weighted by Gasteiger charge is 2.17. The molecule has 2 aromatic carbocycles. The number of aliphatic hydroxyl groups excluding tert-OH is 1. The smallest absolute Gasteiger partial charge is 0.147 e. The largest absolute Gasteiger partial charge is 0.388 e. The minimum atomic E-state index is -1.09. The molecule has 1 nitrogen and oxygen atoms in total. The molecule has 0 aliphatic heterocycles. The fraction of sp³-hybridized carbons (Fsp3) is 0.143. The zero-order valence-corrected chi connectivity index (χ0v) is 12.0. The van der Waals surface area contributed by atoms with Crippen LogP contribution >= 0.6 is 27.5 Å². The molecule has 1 atom stereocenters. The van der Waals surface area contributed by atoms with E-state index in [-0.39, 0.29) is 21.5 Å². The zero-order valence-electron chi connectivity index (χ0n) is 9.71. The van der Waals surface area contributed by atoms with Crippen molar-refractivity contribution in [2.75, 3.05) is 0 Å². The summed E-state index contributed by atoms with van der Waals surface area (Å²) < 4.78 is 27.4. The van der Waals surface area contributed by atoms with Gasteiger partial charge >= 0.3 is 0 Å². The SMILES string of the molecule is OC(Cc1cccc(F)c1Br)c1cccc(Cl)c1F. The molecule has 0 heterocycles. The molecule has 100 valence electrons. The number of aliphatic hydroxyl groups is 1. The van der Waals surface area contributed by atoms with Crippen molar-refractivity contribution in [3.05, 3.63) is 68.7 Å². The maximum absolute atomic E-state index is 13.8. The van der Waals surface area contributed by atoms with Crippen LogP contribution in [-0.4, -0.2) is 5.11 Å². The maximum Gasteiger partial charge on any atom is 0.147 e. The second-order valence-corrected chi connectivity index (χ2v) is 5.28. The van der Waals surface area contributed by atoms with Gasteiger partial charge in [-0.25, -0.2) is 8.78 Å². The Morgan fingerprint density at radius 1 is 1.16 bits per heavy atom. The fourth-order valence-corrected chi connectivity index (χ4v) is 2.41. The lowest BCUT2D eigenvalue weighted by Gasteiger charge is -2.14. The number of hydrogen-bond acceptors (Lipinski definition) is 1. The van der Waals surface area contributed by atoms with Crippen LogP contribution in [0.4, 0.5) is 8.78 Å². The Morgan fingerprint density at radius 3 is 2.58 bits per heavy atom. The first-order valence-corrected chi connectivity index (χ1v) is 6.72. The molecule has 0 spiro atoms. The maximum atomic E-state index is 13.8. The first kappa shape index (κ1) is 14.4. The lowest BCUT2D eigenvalue weighted by Crippen LogP contribution is -2.05. The summed E-state index contributed by atoms with van der Waals surface area (Å²) in [6, 6.07) is 8.93. The Kier molecular flexibility index (Phi) is 4.55. The lowest BCUT2D eigenvalue weighted by molar-refractivity contribution is 0.173. The molecule has 1 unspecified atom stereocenters. The van der Waals surface area contributed by atoms with Gasteiger partial charge in [-0.15, -0.1) is 0 Å². The molecule has 2 aromatic rings. The van der Waals surface area contributed by atoms with E-state index in [1.54, 1.807) is 12.1 Å². The van der Waals surface area contributed by atoms with E-state index in [2.05, 4.69) is 15.9 Å². The van der Waals surface area contributed by atoms with Gasteiger partial charge in [0.15, 0.2) is 0 Å². The van der Waals surface area contributed by atoms with E-state index < -0.39 is 17.7 Å². The van der Waals surface area contributed by atoms with E-state index >= 15 is 0 Å². The third kappa shape index (κ3) is 3.14. The van der Waals surface area contributed by atoms with Crippen LogP contribution < -0.4 is 0 Å². The van der Waals surface area contributed by atoms with Crippen molar-refractivity contribution in [3.63, 3.8) is 0 Å². The molecule has 0 saturated carbocycles. The van der Waals surface area contributed by atoms with Gasteiger partial charge in [-0.1, -0.05) is 35.9 Å². The predicted octanol–water partition coefficient (Wildman–Crippen LogP) is 4.66. The molecule has 0 bridgehead atoms. The molecule has 0 saturated heterocycles. The van der Waals surface area contributed by atoms with Gasteiger partial charge in [0.1, 0.15) is 11.6 Å². The minimum Gasteiger partial charge on any atom is -0.388 e. The van der Waals surface area contributed by atoms with E-state index in [1.807, 2.05) is 0 Å². The van der Waals surface area contributed by atoms with Gasteiger partial charge in [-0.05, 0) is 33.6 Å². The van der Waals surface area contributed by atoms with Crippen LogP contribution in [0.3, 0.4) is 0 Å². The minimum absolute atomic E-state index is 0.0464. The Balaban J connectivity index is 2.28. The second kappa shape index (κ2) is 5.99. The number of benzene rings is 2. The molecule has 5 heteroatoms. The Bertz CT molecular complexity index is 604. The first-order valence-electron chi connectivity index (χ1n) is 5.55. The van der Waals surface area contributed by atoms with Crippen LogP contribution in [0, 0.1) is 11.6 Å². The van der Waals surface area contributed by atoms with Crippen molar-refractivity contribution in [1.29, 1.82) is 0 Å². The van der Waals surface area contributed by atoms with Crippen LogP contribution in [0.1, 0.15) is 17.2 Å². The number of hydrogen-bond donors (Lipinski definition) is 1. The second-order valence-electron chi connectivity index (χ2n) is 4.08. The van der Waals surface area contributed by atoms with Crippen LogP contribution in [-0.2, 0) is 6.42 Å². The van der Waals surface area contributed by atoms with Crippen molar-refractivity contribution in [2.24, 2.45) is 0 Å². The highest BCUT2D eigenvalue weighted by Crippen LogP contribution is 2.29. The van der Waals surface area contributed by atoms with Gasteiger partial charge in [-0.3, -0.25) is 0 Å². The van der Waals surface area contributed by atoms with Crippen LogP contribution in [0.15, 0.2) is 40.9 Å². The highest BCUT2D eigenvalue weighted by atomic mass is 79.9. The normalized spacial score (nSPS) is 12.5. The third-order valence-corrected chi connectivity index (χ3v) is 3.97. The van der Waals surface area contributed by atoms with Gasteiger partial charge in [0.25, 0.3) is 0 Å². The van der Waals surface area contributed by atoms with Crippen LogP contribution in [0.2, 0.25) is 5.02 Å². The van der Waals surface area contributed by atoms with Crippen molar-refractivity contribution in [1.82, 2.24) is 0 Å². The molecule has 2 rings (SSSR count). The van der Waals surface area contributed by atoms with E-state index in [0.717, 1.165) is 0 Å². The van der Waals surface area contributed by atoms with Crippen molar-refractivity contribution in [2.45, 2.75) is 12.5 Å². The molecule has 0 aromatic heterocycles. The van der Waals surface area contributed by atoms with E-state index in [0.29, 0.717) is 5.56 Å². The van der Waals surface area contributed by atoms with Crippen molar-refractivity contribution < 1.29 is 13.9 Å². The quantitative estimate of drug-likeness (QED) is 0.856. The summed E-state index contributed by atoms with van der Waals surface area (Å²) in [6.07, 6.45) is -0.993. The summed E-state index contributed by atoms with van der Waals surface area (Å²) >= 11 is 8.77. The first-order chi connectivity index (χ1) is 9.00. The van der Waals surface area contributed by atoms with Gasteiger partial charge in [0.05, 0.1) is 15.6 Å². The van der Waals surface area contributed by atoms with E-state index in [4.69, 9.17) is 11.6 Å². The van der Waals surface area contributed by atoms with E-state index in [9.17, 15) is 13.9 Å². The Labute approximate surface area is 123 Å². The number of halogens is 4. The molecular weight excluding hydrogens is 338 g/mol. The average molecular weight is 348 g/mol. The summed E-state index contributed by atoms with van der Waals surface area (Å²) in [5.74, 6) is -1.07. The monoisotopic (exact) mass is 346 g/mol. The lowest BCUT2D eigenvalue weighted by atomic mass is 10.0. The van der Waals surface area contributed by atoms with Gasteiger partial charge < -0.3 is 5.11 Å². The van der Waals surface area contributed by atoms with E-state index in [1.165, 1.54) is 24.3 Å². The van der Waals surface area contributed by atoms with Gasteiger partial charge in [-0.2, -0.15) is 0 Å². The summed E-state index contributed by atoms with van der Waals surface area (Å²) in [5.41, 5.74) is 0.663. The van der Waals surface area contributed by atoms with Crippen LogP contribution in [0.5, 0.6) is 0 Å². The standard InChI is InChI=1S/C14H10BrClF2O/c15-13-8(3-1-6-11(13)17)7-12(19)9-4-2-5-10(16)14(9)18/h1-6,12,19H,7H2. The molecule has 0 aliphatic rings. The molecular formula is C14H10BrClF2O. The summed E-state index contributed by atoms with van der Waals surface area (Å²) in [6.45, 7) is 0. The van der Waals surface area contributed by atoms with Crippen molar-refractivity contribution >= 4 is 27.5 Å². The average Bonchev–Trinajstić information content (AvgIpc) is 2.38. The zero-order chi connectivity index (χ0) is 14.0. The summed E-state index contributed by atoms with van der Waals surface area (Å²) in [4.78, 5) is 0. The Morgan fingerprint density at radius 2 is 1.84 bits per heavy atom. The fourth-order valence-electron chi connectivity index (χ4n) is 1.80. The third-order valence-electron chi connectivity index (χ3n) is 2.79. The summed E-state index contributed by atoms with van der Waals surface area (Å²) in [5, 5.41) is 10.0. The Hall–Kier alpha value is -0.970. The molecule has 1 N–H and O–H groups in total.